The van der Waals surface area contributed by atoms with Crippen molar-refractivity contribution in [1.29, 1.82) is 0 Å². The zero-order valence-corrected chi connectivity index (χ0v) is 5.00. The summed E-state index contributed by atoms with van der Waals surface area (Å²) in [4.78, 5) is 10.1. The standard InChI is InChI=1S/C7H5FO2/c8-6-3-1-2-5(4-6)7(9)10/h1-4H,(H,9,10)/p-1. The van der Waals surface area contributed by atoms with E-state index in [1.807, 2.05) is 0 Å². The van der Waals surface area contributed by atoms with Gasteiger partial charge in [-0.1, -0.05) is 12.1 Å². The molecule has 0 aliphatic heterocycles. The summed E-state index contributed by atoms with van der Waals surface area (Å²) >= 11 is 0. The minimum Gasteiger partial charge on any atom is -0.545 e. The van der Waals surface area contributed by atoms with Crippen molar-refractivity contribution in [3.05, 3.63) is 35.6 Å². The summed E-state index contributed by atoms with van der Waals surface area (Å²) in [5, 5.41) is 10.1. The molecule has 0 unspecified atom stereocenters. The van der Waals surface area contributed by atoms with E-state index in [0.717, 1.165) is 6.07 Å². The highest BCUT2D eigenvalue weighted by Gasteiger charge is 1.92. The van der Waals surface area contributed by atoms with Gasteiger partial charge in [0.05, 0.1) is 5.97 Å². The van der Waals surface area contributed by atoms with Crippen LogP contribution in [0.2, 0.25) is 0 Å². The second-order valence-corrected chi connectivity index (χ2v) is 1.80. The highest BCUT2D eigenvalue weighted by molar-refractivity contribution is 5.85. The third-order valence-corrected chi connectivity index (χ3v) is 1.06. The molecule has 0 fully saturated rings. The summed E-state index contributed by atoms with van der Waals surface area (Å²) < 4.78 is 12.2. The van der Waals surface area contributed by atoms with Crippen LogP contribution in [0.5, 0.6) is 0 Å². The molecule has 0 aromatic heterocycles. The molecule has 0 aliphatic carbocycles. The molecule has 1 aromatic carbocycles. The average Bonchev–Trinajstić information content (AvgIpc) is 1.88. The Labute approximate surface area is 56.9 Å². The van der Waals surface area contributed by atoms with E-state index in [-0.39, 0.29) is 5.56 Å². The molecule has 0 heterocycles. The van der Waals surface area contributed by atoms with Crippen molar-refractivity contribution in [2.45, 2.75) is 0 Å². The van der Waals surface area contributed by atoms with Crippen LogP contribution in [0.3, 0.4) is 0 Å². The van der Waals surface area contributed by atoms with Crippen molar-refractivity contribution < 1.29 is 14.3 Å². The second-order valence-electron chi connectivity index (χ2n) is 1.80. The first-order chi connectivity index (χ1) is 4.70. The van der Waals surface area contributed by atoms with Gasteiger partial charge in [0.25, 0.3) is 0 Å². The van der Waals surface area contributed by atoms with E-state index >= 15 is 0 Å². The molecule has 0 saturated carbocycles. The van der Waals surface area contributed by atoms with Gasteiger partial charge in [-0.2, -0.15) is 0 Å². The van der Waals surface area contributed by atoms with Gasteiger partial charge in [-0.3, -0.25) is 0 Å². The number of carbonyl (C=O) groups is 1. The minimum atomic E-state index is -1.36. The maximum Gasteiger partial charge on any atom is 0.123 e. The molecule has 1 aromatic rings. The molecular formula is C7H4FO2-. The Bertz CT molecular complexity index is 258. The maximum absolute atomic E-state index is 12.2. The zero-order chi connectivity index (χ0) is 7.56. The quantitative estimate of drug-likeness (QED) is 0.557. The topological polar surface area (TPSA) is 40.1 Å². The molecule has 10 heavy (non-hydrogen) atoms. The number of hydrogen-bond donors (Lipinski definition) is 0. The number of hydrogen-bond acceptors (Lipinski definition) is 2. The predicted molar refractivity (Wildman–Crippen MR) is 30.7 cm³/mol. The molecular weight excluding hydrogens is 135 g/mol. The lowest BCUT2D eigenvalue weighted by Crippen LogP contribution is -2.22. The summed E-state index contributed by atoms with van der Waals surface area (Å²) in [6.07, 6.45) is 0. The maximum atomic E-state index is 12.2. The van der Waals surface area contributed by atoms with Crippen LogP contribution in [0.1, 0.15) is 10.4 Å². The van der Waals surface area contributed by atoms with Gasteiger partial charge in [0.1, 0.15) is 5.82 Å². The van der Waals surface area contributed by atoms with E-state index in [1.165, 1.54) is 18.2 Å². The zero-order valence-electron chi connectivity index (χ0n) is 5.00. The molecule has 0 aliphatic rings. The number of rotatable bonds is 1. The van der Waals surface area contributed by atoms with E-state index in [1.54, 1.807) is 0 Å². The number of benzene rings is 1. The molecule has 0 N–H and O–H groups in total. The van der Waals surface area contributed by atoms with Crippen LogP contribution in [-0.4, -0.2) is 5.97 Å². The summed E-state index contributed by atoms with van der Waals surface area (Å²) in [5.41, 5.74) is -0.139. The summed E-state index contributed by atoms with van der Waals surface area (Å²) in [5.74, 6) is -1.93. The summed E-state index contributed by atoms with van der Waals surface area (Å²) in [7, 11) is 0. The first-order valence-electron chi connectivity index (χ1n) is 2.67. The fourth-order valence-corrected chi connectivity index (χ4v) is 0.615. The lowest BCUT2D eigenvalue weighted by molar-refractivity contribution is -0.255. The largest absolute Gasteiger partial charge is 0.545 e. The third kappa shape index (κ3) is 1.31. The molecule has 0 atom stereocenters. The molecule has 1 rings (SSSR count). The van der Waals surface area contributed by atoms with E-state index in [9.17, 15) is 14.3 Å². The van der Waals surface area contributed by atoms with E-state index in [2.05, 4.69) is 0 Å². The van der Waals surface area contributed by atoms with Gasteiger partial charge < -0.3 is 9.90 Å². The van der Waals surface area contributed by atoms with Crippen molar-refractivity contribution in [3.8, 4) is 0 Å². The number of carbonyl (C=O) groups excluding carboxylic acids is 1. The van der Waals surface area contributed by atoms with Gasteiger partial charge in [0.15, 0.2) is 0 Å². The van der Waals surface area contributed by atoms with Crippen LogP contribution in [0.15, 0.2) is 24.3 Å². The SMILES string of the molecule is O=C([O-])c1cccc(F)c1. The van der Waals surface area contributed by atoms with Gasteiger partial charge in [0, 0.05) is 5.56 Å². The summed E-state index contributed by atoms with van der Waals surface area (Å²) in [6.45, 7) is 0. The van der Waals surface area contributed by atoms with Crippen LogP contribution >= 0.6 is 0 Å². The van der Waals surface area contributed by atoms with Crippen molar-refractivity contribution >= 4 is 5.97 Å². The minimum absolute atomic E-state index is 0.139. The molecule has 52 valence electrons. The molecule has 0 saturated heterocycles. The monoisotopic (exact) mass is 139 g/mol. The Morgan fingerprint density at radius 1 is 1.50 bits per heavy atom. The van der Waals surface area contributed by atoms with Gasteiger partial charge in [-0.05, 0) is 12.1 Å². The summed E-state index contributed by atoms with van der Waals surface area (Å²) in [6, 6.07) is 4.68. The number of aromatic carboxylic acids is 1. The van der Waals surface area contributed by atoms with Gasteiger partial charge in [0.2, 0.25) is 0 Å². The Morgan fingerprint density at radius 3 is 2.60 bits per heavy atom. The molecule has 0 spiro atoms. The highest BCUT2D eigenvalue weighted by atomic mass is 19.1. The Kier molecular flexibility index (Phi) is 1.67. The first-order valence-corrected chi connectivity index (χ1v) is 2.67. The van der Waals surface area contributed by atoms with Crippen LogP contribution in [0.25, 0.3) is 0 Å². The van der Waals surface area contributed by atoms with Gasteiger partial charge in [-0.25, -0.2) is 4.39 Å². The van der Waals surface area contributed by atoms with Crippen LogP contribution < -0.4 is 5.11 Å². The van der Waals surface area contributed by atoms with Gasteiger partial charge >= 0.3 is 0 Å². The number of carboxylic acids is 1. The number of carboxylic acid groups (broad SMARTS) is 1. The van der Waals surface area contributed by atoms with E-state index in [4.69, 9.17) is 0 Å². The van der Waals surface area contributed by atoms with Crippen molar-refractivity contribution in [2.75, 3.05) is 0 Å². The highest BCUT2D eigenvalue weighted by Crippen LogP contribution is 2.00. The normalized spacial score (nSPS) is 9.30. The fraction of sp³-hybridized carbons (Fsp3) is 0. The lowest BCUT2D eigenvalue weighted by atomic mass is 10.2. The predicted octanol–water partition coefficient (Wildman–Crippen LogP) is 0.189. The van der Waals surface area contributed by atoms with Crippen molar-refractivity contribution in [1.82, 2.24) is 0 Å². The van der Waals surface area contributed by atoms with Crippen LogP contribution in [0, 0.1) is 5.82 Å². The Balaban J connectivity index is 3.07. The Morgan fingerprint density at radius 2 is 2.20 bits per heavy atom. The van der Waals surface area contributed by atoms with Gasteiger partial charge in [-0.15, -0.1) is 0 Å². The van der Waals surface area contributed by atoms with Crippen molar-refractivity contribution in [2.24, 2.45) is 0 Å². The van der Waals surface area contributed by atoms with E-state index in [0.29, 0.717) is 0 Å². The average molecular weight is 139 g/mol. The van der Waals surface area contributed by atoms with Crippen LogP contribution in [0.4, 0.5) is 4.39 Å². The first kappa shape index (κ1) is 6.74. The fourth-order valence-electron chi connectivity index (χ4n) is 0.615. The molecule has 0 bridgehead atoms. The molecule has 0 amide bonds. The van der Waals surface area contributed by atoms with E-state index < -0.39 is 11.8 Å². The number of halogens is 1. The molecule has 2 nitrogen and oxygen atoms in total. The lowest BCUT2D eigenvalue weighted by Gasteiger charge is -1.99. The Hall–Kier alpha value is -1.38. The molecule has 0 radical (unpaired) electrons. The third-order valence-electron chi connectivity index (χ3n) is 1.06. The van der Waals surface area contributed by atoms with Crippen LogP contribution in [-0.2, 0) is 0 Å². The van der Waals surface area contributed by atoms with Crippen molar-refractivity contribution in [3.63, 3.8) is 0 Å². The second kappa shape index (κ2) is 2.47. The smallest absolute Gasteiger partial charge is 0.123 e. The molecule has 3 heteroatoms.